The lowest BCUT2D eigenvalue weighted by Crippen LogP contribution is -2.25. The van der Waals surface area contributed by atoms with Gasteiger partial charge >= 0.3 is 5.97 Å². The highest BCUT2D eigenvalue weighted by Gasteiger charge is 2.38. The molecule has 0 amide bonds. The van der Waals surface area contributed by atoms with Crippen LogP contribution in [0.1, 0.15) is 48.5 Å². The zero-order valence-electron chi connectivity index (χ0n) is 10.6. The maximum absolute atomic E-state index is 10.8. The van der Waals surface area contributed by atoms with Gasteiger partial charge in [0.1, 0.15) is 5.76 Å². The lowest BCUT2D eigenvalue weighted by atomic mass is 10.0. The molecule has 2 heterocycles. The van der Waals surface area contributed by atoms with E-state index in [1.165, 1.54) is 19.3 Å². The molecular formula is C14H19NO3. The average Bonchev–Trinajstić information content (AvgIpc) is 3.02. The molecule has 1 aromatic heterocycles. The summed E-state index contributed by atoms with van der Waals surface area (Å²) in [5.41, 5.74) is 0. The monoisotopic (exact) mass is 249 g/mol. The number of furan rings is 1. The summed E-state index contributed by atoms with van der Waals surface area (Å²) in [4.78, 5) is 13.2. The van der Waals surface area contributed by atoms with Crippen LogP contribution < -0.4 is 0 Å². The van der Waals surface area contributed by atoms with E-state index in [1.807, 2.05) is 0 Å². The molecule has 18 heavy (non-hydrogen) atoms. The molecule has 0 spiro atoms. The van der Waals surface area contributed by atoms with Crippen LogP contribution in [0, 0.1) is 11.8 Å². The molecule has 3 rings (SSSR count). The van der Waals surface area contributed by atoms with Crippen LogP contribution in [-0.4, -0.2) is 29.1 Å². The smallest absolute Gasteiger partial charge is 0.371 e. The Morgan fingerprint density at radius 3 is 2.61 bits per heavy atom. The predicted octanol–water partition coefficient (Wildman–Crippen LogP) is 2.77. The van der Waals surface area contributed by atoms with Crippen LogP contribution in [0.3, 0.4) is 0 Å². The summed E-state index contributed by atoms with van der Waals surface area (Å²) in [5.74, 6) is 1.51. The van der Waals surface area contributed by atoms with Gasteiger partial charge < -0.3 is 9.52 Å². The molecule has 2 fully saturated rings. The van der Waals surface area contributed by atoms with Gasteiger partial charge in [0.15, 0.2) is 0 Å². The Balaban J connectivity index is 1.70. The zero-order valence-corrected chi connectivity index (χ0v) is 10.6. The average molecular weight is 249 g/mol. The van der Waals surface area contributed by atoms with Crippen molar-refractivity contribution in [2.75, 3.05) is 13.1 Å². The fourth-order valence-electron chi connectivity index (χ4n) is 3.46. The summed E-state index contributed by atoms with van der Waals surface area (Å²) in [5, 5.41) is 8.87. The first-order valence-corrected chi connectivity index (χ1v) is 6.72. The number of fused-ring (bicyclic) bond motifs is 1. The first kappa shape index (κ1) is 11.8. The Bertz CT molecular complexity index is 442. The van der Waals surface area contributed by atoms with Crippen molar-refractivity contribution < 1.29 is 14.3 Å². The molecule has 4 nitrogen and oxygen atoms in total. The predicted molar refractivity (Wildman–Crippen MR) is 66.5 cm³/mol. The molecule has 2 aliphatic rings. The molecule has 0 aromatic carbocycles. The molecule has 0 bridgehead atoms. The van der Waals surface area contributed by atoms with E-state index in [-0.39, 0.29) is 11.8 Å². The number of hydrogen-bond donors (Lipinski definition) is 1. The molecule has 1 aliphatic carbocycles. The minimum absolute atomic E-state index is 0.0382. The third kappa shape index (κ3) is 1.94. The highest BCUT2D eigenvalue weighted by molar-refractivity contribution is 5.84. The van der Waals surface area contributed by atoms with Gasteiger partial charge in [0.2, 0.25) is 5.76 Å². The van der Waals surface area contributed by atoms with Crippen molar-refractivity contribution >= 4 is 5.97 Å². The topological polar surface area (TPSA) is 53.7 Å². The quantitative estimate of drug-likeness (QED) is 0.895. The van der Waals surface area contributed by atoms with Crippen LogP contribution in [0.5, 0.6) is 0 Å². The van der Waals surface area contributed by atoms with Crippen LogP contribution in [0.2, 0.25) is 0 Å². The molecule has 1 aromatic rings. The van der Waals surface area contributed by atoms with Crippen molar-refractivity contribution in [3.63, 3.8) is 0 Å². The summed E-state index contributed by atoms with van der Waals surface area (Å²) in [6.07, 6.45) is 4.08. The van der Waals surface area contributed by atoms with Gasteiger partial charge in [-0.15, -0.1) is 0 Å². The fraction of sp³-hybridized carbons (Fsp3) is 0.643. The van der Waals surface area contributed by atoms with E-state index in [0.717, 1.165) is 30.7 Å². The second-order valence-electron chi connectivity index (χ2n) is 5.59. The summed E-state index contributed by atoms with van der Waals surface area (Å²) in [7, 11) is 0. The van der Waals surface area contributed by atoms with Gasteiger partial charge in [-0.1, -0.05) is 6.42 Å². The molecule has 3 atom stereocenters. The Labute approximate surface area is 107 Å². The first-order chi connectivity index (χ1) is 8.65. The van der Waals surface area contributed by atoms with Crippen molar-refractivity contribution in [1.82, 2.24) is 4.90 Å². The minimum Gasteiger partial charge on any atom is -0.475 e. The normalized spacial score (nSPS) is 29.4. The molecule has 98 valence electrons. The minimum atomic E-state index is -0.994. The van der Waals surface area contributed by atoms with E-state index in [2.05, 4.69) is 11.8 Å². The number of hydrogen-bond acceptors (Lipinski definition) is 3. The number of carboxylic acid groups (broad SMARTS) is 1. The van der Waals surface area contributed by atoms with E-state index in [0.29, 0.717) is 0 Å². The van der Waals surface area contributed by atoms with E-state index in [9.17, 15) is 4.79 Å². The van der Waals surface area contributed by atoms with Gasteiger partial charge in [0.05, 0.1) is 6.04 Å². The van der Waals surface area contributed by atoms with Crippen molar-refractivity contribution in [3.8, 4) is 0 Å². The van der Waals surface area contributed by atoms with Gasteiger partial charge in [-0.2, -0.15) is 0 Å². The van der Waals surface area contributed by atoms with E-state index in [4.69, 9.17) is 9.52 Å². The van der Waals surface area contributed by atoms with Crippen molar-refractivity contribution in [1.29, 1.82) is 0 Å². The Kier molecular flexibility index (Phi) is 2.90. The van der Waals surface area contributed by atoms with Crippen LogP contribution in [-0.2, 0) is 0 Å². The lowest BCUT2D eigenvalue weighted by Gasteiger charge is -2.23. The maximum Gasteiger partial charge on any atom is 0.371 e. The third-order valence-electron chi connectivity index (χ3n) is 4.55. The maximum atomic E-state index is 10.8. The SMILES string of the molecule is CC(c1ccc(C(=O)O)o1)N1CC2CCCC2C1. The van der Waals surface area contributed by atoms with Gasteiger partial charge in [-0.25, -0.2) is 4.79 Å². The van der Waals surface area contributed by atoms with Gasteiger partial charge in [-0.05, 0) is 43.7 Å². The van der Waals surface area contributed by atoms with Gasteiger partial charge in [0, 0.05) is 13.1 Å². The number of carboxylic acids is 1. The highest BCUT2D eigenvalue weighted by atomic mass is 16.4. The van der Waals surface area contributed by atoms with Crippen LogP contribution in [0.15, 0.2) is 16.5 Å². The van der Waals surface area contributed by atoms with Crippen molar-refractivity contribution in [2.45, 2.75) is 32.2 Å². The largest absolute Gasteiger partial charge is 0.475 e. The lowest BCUT2D eigenvalue weighted by molar-refractivity contribution is 0.0656. The Hall–Kier alpha value is -1.29. The number of aromatic carboxylic acids is 1. The van der Waals surface area contributed by atoms with E-state index in [1.54, 1.807) is 12.1 Å². The second-order valence-corrected chi connectivity index (χ2v) is 5.59. The van der Waals surface area contributed by atoms with Crippen LogP contribution in [0.25, 0.3) is 0 Å². The number of rotatable bonds is 3. The molecule has 4 heteroatoms. The number of nitrogens with zero attached hydrogens (tertiary/aromatic N) is 1. The van der Waals surface area contributed by atoms with E-state index >= 15 is 0 Å². The summed E-state index contributed by atoms with van der Waals surface area (Å²) >= 11 is 0. The molecule has 3 unspecified atom stereocenters. The second kappa shape index (κ2) is 4.43. The molecule has 1 saturated carbocycles. The molecule has 1 aliphatic heterocycles. The fourth-order valence-corrected chi connectivity index (χ4v) is 3.46. The Morgan fingerprint density at radius 1 is 1.39 bits per heavy atom. The van der Waals surface area contributed by atoms with Gasteiger partial charge in [0.25, 0.3) is 0 Å². The summed E-state index contributed by atoms with van der Waals surface area (Å²) < 4.78 is 5.40. The number of carbonyl (C=O) groups is 1. The number of likely N-dealkylation sites (tertiary alicyclic amines) is 1. The highest BCUT2D eigenvalue weighted by Crippen LogP contribution is 2.40. The molecular weight excluding hydrogens is 230 g/mol. The standard InChI is InChI=1S/C14H19NO3/c1-9(12-5-6-13(18-12)14(16)17)15-7-10-3-2-4-11(10)8-15/h5-6,9-11H,2-4,7-8H2,1H3,(H,16,17). The van der Waals surface area contributed by atoms with Crippen LogP contribution >= 0.6 is 0 Å². The first-order valence-electron chi connectivity index (χ1n) is 6.72. The van der Waals surface area contributed by atoms with Crippen molar-refractivity contribution in [3.05, 3.63) is 23.7 Å². The molecule has 1 saturated heterocycles. The zero-order chi connectivity index (χ0) is 12.7. The third-order valence-corrected chi connectivity index (χ3v) is 4.55. The van der Waals surface area contributed by atoms with Gasteiger partial charge in [-0.3, -0.25) is 4.90 Å². The summed E-state index contributed by atoms with van der Waals surface area (Å²) in [6, 6.07) is 3.52. The van der Waals surface area contributed by atoms with Crippen LogP contribution in [0.4, 0.5) is 0 Å². The van der Waals surface area contributed by atoms with Crippen molar-refractivity contribution in [2.24, 2.45) is 11.8 Å². The summed E-state index contributed by atoms with van der Waals surface area (Å²) in [6.45, 7) is 4.37. The van der Waals surface area contributed by atoms with E-state index < -0.39 is 5.97 Å². The molecule has 1 N–H and O–H groups in total. The molecule has 0 radical (unpaired) electrons. The Morgan fingerprint density at radius 2 is 2.06 bits per heavy atom.